The molecule has 0 bridgehead atoms. The van der Waals surface area contributed by atoms with Gasteiger partial charge in [0.25, 0.3) is 0 Å². The van der Waals surface area contributed by atoms with Crippen molar-refractivity contribution < 1.29 is 19.0 Å². The number of phenolic OH excluding ortho intramolecular Hbond substituents is 1. The first-order valence-corrected chi connectivity index (χ1v) is 6.59. The van der Waals surface area contributed by atoms with Crippen LogP contribution in [0.25, 0.3) is 12.2 Å². The number of hydrogen-bond donors (Lipinski definition) is 1. The van der Waals surface area contributed by atoms with Crippen molar-refractivity contribution in [2.45, 2.75) is 6.92 Å². The molecule has 0 amide bonds. The minimum atomic E-state index is -0.698. The van der Waals surface area contributed by atoms with E-state index in [1.807, 2.05) is 0 Å². The van der Waals surface area contributed by atoms with Crippen LogP contribution in [0.2, 0.25) is 0 Å². The Bertz CT molecular complexity index is 655. The summed E-state index contributed by atoms with van der Waals surface area (Å²) in [5.74, 6) is -1.61. The molecule has 0 aliphatic heterocycles. The maximum Gasteiger partial charge on any atom is 0.369 e. The number of halogens is 1. The molecule has 0 unspecified atom stereocenters. The molecule has 0 atom stereocenters. The number of nitrogens with zero attached hydrogens (tertiary/aromatic N) is 2. The van der Waals surface area contributed by atoms with Gasteiger partial charge in [0.05, 0.1) is 6.61 Å². The third kappa shape index (κ3) is 3.39. The van der Waals surface area contributed by atoms with Crippen LogP contribution < -0.4 is 0 Å². The summed E-state index contributed by atoms with van der Waals surface area (Å²) < 4.78 is 17.9. The molecule has 5 nitrogen and oxygen atoms in total. The van der Waals surface area contributed by atoms with E-state index in [4.69, 9.17) is 9.84 Å². The van der Waals surface area contributed by atoms with E-state index in [-0.39, 0.29) is 11.6 Å². The third-order valence-electron chi connectivity index (χ3n) is 2.28. The number of phenols is 1. The molecule has 0 saturated carbocycles. The van der Waals surface area contributed by atoms with E-state index in [9.17, 15) is 9.18 Å². The van der Waals surface area contributed by atoms with Gasteiger partial charge in [-0.2, -0.15) is 0 Å². The van der Waals surface area contributed by atoms with Crippen LogP contribution in [0.4, 0.5) is 4.39 Å². The van der Waals surface area contributed by atoms with Crippen molar-refractivity contribution in [2.75, 3.05) is 6.61 Å². The largest absolute Gasteiger partial charge is 0.505 e. The van der Waals surface area contributed by atoms with Gasteiger partial charge in [0, 0.05) is 0 Å². The molecule has 2 rings (SSSR count). The van der Waals surface area contributed by atoms with Gasteiger partial charge in [0.2, 0.25) is 5.01 Å². The van der Waals surface area contributed by atoms with E-state index in [0.717, 1.165) is 11.3 Å². The molecule has 0 aliphatic carbocycles. The van der Waals surface area contributed by atoms with Crippen molar-refractivity contribution >= 4 is 29.5 Å². The molecule has 1 aromatic carbocycles. The molecule has 20 heavy (non-hydrogen) atoms. The summed E-state index contributed by atoms with van der Waals surface area (Å²) in [5, 5.41) is 17.3. The minimum Gasteiger partial charge on any atom is -0.505 e. The number of hydrogen-bond acceptors (Lipinski definition) is 6. The predicted octanol–water partition coefficient (Wildman–Crippen LogP) is 2.73. The minimum absolute atomic E-state index is 0.170. The number of ether oxygens (including phenoxy) is 1. The van der Waals surface area contributed by atoms with Crippen LogP contribution in [-0.4, -0.2) is 27.9 Å². The highest BCUT2D eigenvalue weighted by Crippen LogP contribution is 2.19. The van der Waals surface area contributed by atoms with Crippen LogP contribution in [0.5, 0.6) is 5.75 Å². The quantitative estimate of drug-likeness (QED) is 0.878. The summed E-state index contributed by atoms with van der Waals surface area (Å²) in [4.78, 5) is 11.4. The Morgan fingerprint density at radius 2 is 2.25 bits per heavy atom. The number of aromatic nitrogens is 2. The van der Waals surface area contributed by atoms with Crippen LogP contribution in [-0.2, 0) is 4.74 Å². The Morgan fingerprint density at radius 3 is 2.95 bits per heavy atom. The van der Waals surface area contributed by atoms with Crippen LogP contribution in [0.3, 0.4) is 0 Å². The molecule has 0 spiro atoms. The Labute approximate surface area is 118 Å². The van der Waals surface area contributed by atoms with E-state index in [1.54, 1.807) is 25.1 Å². The number of carbonyl (C=O) groups is 1. The number of aromatic hydroxyl groups is 1. The standard InChI is InChI=1S/C13H11FN2O3S/c1-2-19-13(18)12-16-15-11(20-12)6-4-8-3-5-10(17)9(14)7-8/h3-7,17H,2H2,1H3/b6-4+. The van der Waals surface area contributed by atoms with E-state index in [1.165, 1.54) is 12.1 Å². The van der Waals surface area contributed by atoms with Gasteiger partial charge in [-0.15, -0.1) is 10.2 Å². The molecule has 104 valence electrons. The van der Waals surface area contributed by atoms with Gasteiger partial charge in [-0.1, -0.05) is 23.5 Å². The van der Waals surface area contributed by atoms with Crippen molar-refractivity contribution in [1.29, 1.82) is 0 Å². The molecular formula is C13H11FN2O3S. The van der Waals surface area contributed by atoms with Crippen LogP contribution in [0.15, 0.2) is 18.2 Å². The fourth-order valence-electron chi connectivity index (χ4n) is 1.37. The van der Waals surface area contributed by atoms with E-state index >= 15 is 0 Å². The lowest BCUT2D eigenvalue weighted by Crippen LogP contribution is -2.03. The van der Waals surface area contributed by atoms with Crippen LogP contribution in [0, 0.1) is 5.82 Å². The molecule has 0 fully saturated rings. The van der Waals surface area contributed by atoms with Crippen molar-refractivity contribution in [3.05, 3.63) is 39.6 Å². The first-order chi connectivity index (χ1) is 9.60. The summed E-state index contributed by atoms with van der Waals surface area (Å²) in [6, 6.07) is 4.01. The van der Waals surface area contributed by atoms with Gasteiger partial charge in [-0.05, 0) is 30.7 Å². The average Bonchev–Trinajstić information content (AvgIpc) is 2.89. The van der Waals surface area contributed by atoms with E-state index in [2.05, 4.69) is 10.2 Å². The summed E-state index contributed by atoms with van der Waals surface area (Å²) in [7, 11) is 0. The smallest absolute Gasteiger partial charge is 0.369 e. The fourth-order valence-corrected chi connectivity index (χ4v) is 2.01. The molecule has 2 aromatic rings. The Morgan fingerprint density at radius 1 is 1.45 bits per heavy atom. The lowest BCUT2D eigenvalue weighted by Gasteiger charge is -1.96. The van der Waals surface area contributed by atoms with Crippen molar-refractivity contribution in [2.24, 2.45) is 0 Å². The van der Waals surface area contributed by atoms with E-state index in [0.29, 0.717) is 10.6 Å². The normalized spacial score (nSPS) is 10.9. The lowest BCUT2D eigenvalue weighted by atomic mass is 10.2. The zero-order valence-corrected chi connectivity index (χ0v) is 11.4. The van der Waals surface area contributed by atoms with Gasteiger partial charge < -0.3 is 9.84 Å². The van der Waals surface area contributed by atoms with Gasteiger partial charge in [0.1, 0.15) is 5.01 Å². The predicted molar refractivity (Wildman–Crippen MR) is 72.9 cm³/mol. The molecule has 1 heterocycles. The molecule has 7 heteroatoms. The summed E-state index contributed by atoms with van der Waals surface area (Å²) in [6.45, 7) is 1.98. The van der Waals surface area contributed by atoms with Crippen LogP contribution >= 0.6 is 11.3 Å². The fraction of sp³-hybridized carbons (Fsp3) is 0.154. The molecular weight excluding hydrogens is 283 g/mol. The van der Waals surface area contributed by atoms with Crippen molar-refractivity contribution in [3.63, 3.8) is 0 Å². The maximum absolute atomic E-state index is 13.1. The Kier molecular flexibility index (Phi) is 4.41. The molecule has 0 radical (unpaired) electrons. The number of carbonyl (C=O) groups excluding carboxylic acids is 1. The second kappa shape index (κ2) is 6.25. The van der Waals surface area contributed by atoms with Crippen molar-refractivity contribution in [3.8, 4) is 5.75 Å². The molecule has 0 saturated heterocycles. The third-order valence-corrected chi connectivity index (χ3v) is 3.15. The van der Waals surface area contributed by atoms with E-state index < -0.39 is 17.5 Å². The second-order valence-electron chi connectivity index (χ2n) is 3.71. The highest BCUT2D eigenvalue weighted by molar-refractivity contribution is 7.14. The maximum atomic E-state index is 13.1. The van der Waals surface area contributed by atoms with Gasteiger partial charge in [-0.3, -0.25) is 0 Å². The number of rotatable bonds is 4. The molecule has 0 aliphatic rings. The Hall–Kier alpha value is -2.28. The number of esters is 1. The van der Waals surface area contributed by atoms with Crippen LogP contribution in [0.1, 0.15) is 27.3 Å². The van der Waals surface area contributed by atoms with Gasteiger partial charge in [-0.25, -0.2) is 9.18 Å². The summed E-state index contributed by atoms with van der Waals surface area (Å²) >= 11 is 1.08. The highest BCUT2D eigenvalue weighted by Gasteiger charge is 2.12. The monoisotopic (exact) mass is 294 g/mol. The zero-order valence-electron chi connectivity index (χ0n) is 10.5. The summed E-state index contributed by atoms with van der Waals surface area (Å²) in [6.07, 6.45) is 3.21. The number of benzene rings is 1. The highest BCUT2D eigenvalue weighted by atomic mass is 32.1. The topological polar surface area (TPSA) is 72.3 Å². The SMILES string of the molecule is CCOC(=O)c1nnc(/C=C/c2ccc(O)c(F)c2)s1. The summed E-state index contributed by atoms with van der Waals surface area (Å²) in [5.41, 5.74) is 0.563. The van der Waals surface area contributed by atoms with Gasteiger partial charge >= 0.3 is 5.97 Å². The zero-order chi connectivity index (χ0) is 14.5. The lowest BCUT2D eigenvalue weighted by molar-refractivity contribution is 0.0525. The van der Waals surface area contributed by atoms with Gasteiger partial charge in [0.15, 0.2) is 11.6 Å². The van der Waals surface area contributed by atoms with Crippen molar-refractivity contribution in [1.82, 2.24) is 10.2 Å². The second-order valence-corrected chi connectivity index (χ2v) is 4.72. The Balaban J connectivity index is 2.11. The molecule has 1 N–H and O–H groups in total. The molecule has 1 aromatic heterocycles. The first kappa shape index (κ1) is 14.1. The first-order valence-electron chi connectivity index (χ1n) is 5.77. The average molecular weight is 294 g/mol.